The van der Waals surface area contributed by atoms with Gasteiger partial charge in [0.15, 0.2) is 0 Å². The highest BCUT2D eigenvalue weighted by Crippen LogP contribution is 2.16. The Hall–Kier alpha value is -2.17. The minimum Gasteiger partial charge on any atom is -0.463 e. The maximum absolute atomic E-state index is 11.1. The Balaban J connectivity index is 3.02. The summed E-state index contributed by atoms with van der Waals surface area (Å²) in [4.78, 5) is 11.1. The molecule has 78 valence electrons. The van der Waals surface area contributed by atoms with E-state index in [0.717, 1.165) is 12.4 Å². The fraction of sp³-hybridized carbons (Fsp3) is 0.100. The standard InChI is InChI=1S/C10H10N2O3/c1-14-10(13)9-3-2-8(15-9)7(6-12)4-5-11/h2-6,11-12H,1H3/b7-4+,11-5?,12-6?. The molecule has 5 nitrogen and oxygen atoms in total. The van der Waals surface area contributed by atoms with Gasteiger partial charge in [0.1, 0.15) is 5.76 Å². The monoisotopic (exact) mass is 206 g/mol. The van der Waals surface area contributed by atoms with Crippen LogP contribution in [-0.2, 0) is 4.74 Å². The van der Waals surface area contributed by atoms with Crippen LogP contribution in [0.2, 0.25) is 0 Å². The molecule has 5 heteroatoms. The predicted molar refractivity (Wildman–Crippen MR) is 55.6 cm³/mol. The van der Waals surface area contributed by atoms with Gasteiger partial charge in [0.25, 0.3) is 0 Å². The van der Waals surface area contributed by atoms with E-state index in [2.05, 4.69) is 4.74 Å². The highest BCUT2D eigenvalue weighted by atomic mass is 16.5. The van der Waals surface area contributed by atoms with Gasteiger partial charge in [-0.1, -0.05) is 0 Å². The first-order valence-electron chi connectivity index (χ1n) is 4.12. The second-order valence-corrected chi connectivity index (χ2v) is 2.59. The van der Waals surface area contributed by atoms with Crippen molar-refractivity contribution in [3.8, 4) is 0 Å². The quantitative estimate of drug-likeness (QED) is 0.581. The van der Waals surface area contributed by atoms with E-state index in [9.17, 15) is 4.79 Å². The van der Waals surface area contributed by atoms with Crippen molar-refractivity contribution >= 4 is 24.0 Å². The minimum absolute atomic E-state index is 0.0743. The van der Waals surface area contributed by atoms with Crippen LogP contribution in [0.5, 0.6) is 0 Å². The number of carbonyl (C=O) groups is 1. The molecule has 0 unspecified atom stereocenters. The Morgan fingerprint density at radius 3 is 2.60 bits per heavy atom. The third kappa shape index (κ3) is 2.40. The lowest BCUT2D eigenvalue weighted by molar-refractivity contribution is 0.0564. The van der Waals surface area contributed by atoms with Crippen LogP contribution in [-0.4, -0.2) is 25.5 Å². The maximum atomic E-state index is 11.1. The summed E-state index contributed by atoms with van der Waals surface area (Å²) >= 11 is 0. The molecule has 0 aliphatic heterocycles. The van der Waals surface area contributed by atoms with Crippen molar-refractivity contribution in [2.75, 3.05) is 7.11 Å². The van der Waals surface area contributed by atoms with Gasteiger partial charge in [0.05, 0.1) is 7.11 Å². The van der Waals surface area contributed by atoms with Gasteiger partial charge in [0.2, 0.25) is 5.76 Å². The summed E-state index contributed by atoms with van der Waals surface area (Å²) in [5, 5.41) is 14.0. The van der Waals surface area contributed by atoms with Crippen LogP contribution < -0.4 is 0 Å². The van der Waals surface area contributed by atoms with Crippen LogP contribution in [0.3, 0.4) is 0 Å². The van der Waals surface area contributed by atoms with Gasteiger partial charge < -0.3 is 20.0 Å². The van der Waals surface area contributed by atoms with Crippen LogP contribution in [0.25, 0.3) is 5.57 Å². The van der Waals surface area contributed by atoms with E-state index in [-0.39, 0.29) is 5.76 Å². The summed E-state index contributed by atoms with van der Waals surface area (Å²) in [7, 11) is 1.26. The van der Waals surface area contributed by atoms with Gasteiger partial charge in [0, 0.05) is 18.0 Å². The molecule has 0 aliphatic rings. The van der Waals surface area contributed by atoms with E-state index < -0.39 is 5.97 Å². The van der Waals surface area contributed by atoms with Crippen molar-refractivity contribution in [2.24, 2.45) is 0 Å². The average molecular weight is 206 g/mol. The molecule has 0 amide bonds. The molecule has 15 heavy (non-hydrogen) atoms. The first-order chi connectivity index (χ1) is 7.22. The number of carbonyl (C=O) groups excluding carboxylic acids is 1. The van der Waals surface area contributed by atoms with Crippen LogP contribution >= 0.6 is 0 Å². The van der Waals surface area contributed by atoms with E-state index in [4.69, 9.17) is 15.2 Å². The van der Waals surface area contributed by atoms with Gasteiger partial charge in [-0.25, -0.2) is 4.79 Å². The first-order valence-corrected chi connectivity index (χ1v) is 4.12. The zero-order chi connectivity index (χ0) is 11.3. The van der Waals surface area contributed by atoms with Crippen LogP contribution in [0, 0.1) is 10.8 Å². The van der Waals surface area contributed by atoms with Gasteiger partial charge in [-0.15, -0.1) is 0 Å². The third-order valence-corrected chi connectivity index (χ3v) is 1.70. The highest BCUT2D eigenvalue weighted by molar-refractivity contribution is 6.11. The smallest absolute Gasteiger partial charge is 0.373 e. The number of allylic oxidation sites excluding steroid dienone is 2. The summed E-state index contributed by atoms with van der Waals surface area (Å²) in [5.41, 5.74) is 0.417. The highest BCUT2D eigenvalue weighted by Gasteiger charge is 2.12. The van der Waals surface area contributed by atoms with Crippen LogP contribution in [0.4, 0.5) is 0 Å². The number of nitrogens with one attached hydrogen (secondary N) is 2. The van der Waals surface area contributed by atoms with Crippen molar-refractivity contribution < 1.29 is 13.9 Å². The average Bonchev–Trinajstić information content (AvgIpc) is 2.73. The lowest BCUT2D eigenvalue weighted by Gasteiger charge is -1.95. The largest absolute Gasteiger partial charge is 0.463 e. The first kappa shape index (κ1) is 10.9. The molecule has 0 aromatic carbocycles. The lowest BCUT2D eigenvalue weighted by Crippen LogP contribution is -1.98. The lowest BCUT2D eigenvalue weighted by atomic mass is 10.2. The Bertz CT molecular complexity index is 418. The molecule has 1 aromatic rings. The molecule has 0 saturated carbocycles. The van der Waals surface area contributed by atoms with E-state index in [1.807, 2.05) is 0 Å². The topological polar surface area (TPSA) is 87.1 Å². The van der Waals surface area contributed by atoms with Crippen molar-refractivity contribution in [2.45, 2.75) is 0 Å². The van der Waals surface area contributed by atoms with E-state index in [0.29, 0.717) is 11.3 Å². The van der Waals surface area contributed by atoms with Crippen LogP contribution in [0.1, 0.15) is 16.3 Å². The molecule has 0 saturated heterocycles. The summed E-state index contributed by atoms with van der Waals surface area (Å²) in [5.74, 6) is -0.139. The Labute approximate surface area is 86.4 Å². The number of hydrogen-bond acceptors (Lipinski definition) is 5. The summed E-state index contributed by atoms with van der Waals surface area (Å²) in [6, 6.07) is 3.01. The van der Waals surface area contributed by atoms with Gasteiger partial charge in [-0.05, 0) is 18.2 Å². The van der Waals surface area contributed by atoms with E-state index >= 15 is 0 Å². The molecule has 2 N–H and O–H groups in total. The predicted octanol–water partition coefficient (Wildman–Crippen LogP) is 1.75. The molecule has 0 aliphatic carbocycles. The number of rotatable bonds is 4. The number of esters is 1. The van der Waals surface area contributed by atoms with E-state index in [1.54, 1.807) is 6.07 Å². The summed E-state index contributed by atoms with van der Waals surface area (Å²) in [6.45, 7) is 0. The van der Waals surface area contributed by atoms with Crippen molar-refractivity contribution in [3.05, 3.63) is 29.7 Å². The molecule has 0 fully saturated rings. The second-order valence-electron chi connectivity index (χ2n) is 2.59. The Morgan fingerprint density at radius 2 is 2.07 bits per heavy atom. The fourth-order valence-corrected chi connectivity index (χ4v) is 0.994. The molecule has 1 aromatic heterocycles. The van der Waals surface area contributed by atoms with Crippen molar-refractivity contribution in [1.29, 1.82) is 10.8 Å². The normalized spacial score (nSPS) is 10.9. The molecule has 1 rings (SSSR count). The van der Waals surface area contributed by atoms with E-state index in [1.165, 1.54) is 19.3 Å². The summed E-state index contributed by atoms with van der Waals surface area (Å²) < 4.78 is 9.61. The molecule has 0 radical (unpaired) electrons. The fourth-order valence-electron chi connectivity index (χ4n) is 0.994. The van der Waals surface area contributed by atoms with Crippen LogP contribution in [0.15, 0.2) is 22.6 Å². The molecule has 0 atom stereocenters. The molecule has 0 bridgehead atoms. The zero-order valence-corrected chi connectivity index (χ0v) is 8.11. The SMILES string of the molecule is COC(=O)c1ccc(/C(C=N)=C/C=N)o1. The molecular formula is C10H10N2O3. The number of hydrogen-bond donors (Lipinski definition) is 2. The van der Waals surface area contributed by atoms with Gasteiger partial charge in [-0.3, -0.25) is 0 Å². The Kier molecular flexibility index (Phi) is 3.56. The van der Waals surface area contributed by atoms with Gasteiger partial charge >= 0.3 is 5.97 Å². The zero-order valence-electron chi connectivity index (χ0n) is 8.11. The van der Waals surface area contributed by atoms with Crippen molar-refractivity contribution in [3.63, 3.8) is 0 Å². The minimum atomic E-state index is -0.569. The number of furan rings is 1. The third-order valence-electron chi connectivity index (χ3n) is 1.70. The Morgan fingerprint density at radius 1 is 1.40 bits per heavy atom. The molecule has 1 heterocycles. The molecule has 0 spiro atoms. The number of ether oxygens (including phenoxy) is 1. The summed E-state index contributed by atoms with van der Waals surface area (Å²) in [6.07, 6.45) is 3.48. The van der Waals surface area contributed by atoms with Crippen molar-refractivity contribution in [1.82, 2.24) is 0 Å². The maximum Gasteiger partial charge on any atom is 0.373 e. The van der Waals surface area contributed by atoms with Gasteiger partial charge in [-0.2, -0.15) is 0 Å². The molecular weight excluding hydrogens is 196 g/mol. The number of methoxy groups -OCH3 is 1. The second kappa shape index (κ2) is 4.90.